The molecule has 0 saturated carbocycles. The smallest absolute Gasteiger partial charge is 0.511 e. The number of para-hydroxylation sites is 2. The maximum absolute atomic E-state index is 9.97. The molecular formula is C20H14N3OPt+. The standard InChI is InChI=1S/C20H14N3O.Pt/c24-20-10-2-1-9-19(20)23-13-12-22(15-23)17-7-5-6-16(14-17)18-8-3-4-11-21-18;/h1-13,24H;/q-1;+2. The molecule has 2 aromatic carbocycles. The van der Waals surface area contributed by atoms with Crippen LogP contribution >= 0.6 is 0 Å². The van der Waals surface area contributed by atoms with Gasteiger partial charge in [0.15, 0.2) is 0 Å². The van der Waals surface area contributed by atoms with E-state index in [1.54, 1.807) is 22.9 Å². The normalized spacial score (nSPS) is 10.2. The monoisotopic (exact) mass is 507 g/mol. The molecule has 0 spiro atoms. The zero-order valence-corrected chi connectivity index (χ0v) is 15.4. The van der Waals surface area contributed by atoms with Gasteiger partial charge in [0.2, 0.25) is 0 Å². The fraction of sp³-hybridized carbons (Fsp3) is 0. The summed E-state index contributed by atoms with van der Waals surface area (Å²) in [6, 6.07) is 22.2. The van der Waals surface area contributed by atoms with Gasteiger partial charge in [-0.15, -0.1) is 29.8 Å². The Hall–Kier alpha value is -2.71. The Morgan fingerprint density at radius 1 is 0.960 bits per heavy atom. The van der Waals surface area contributed by atoms with Crippen LogP contribution in [-0.2, 0) is 21.1 Å². The molecule has 0 bridgehead atoms. The Labute approximate surface area is 160 Å². The predicted octanol–water partition coefficient (Wildman–Crippen LogP) is 3.12. The minimum Gasteiger partial charge on any atom is -0.511 e. The molecule has 124 valence electrons. The van der Waals surface area contributed by atoms with Gasteiger partial charge in [-0.25, -0.2) is 0 Å². The second-order valence-corrected chi connectivity index (χ2v) is 5.29. The van der Waals surface area contributed by atoms with Crippen LogP contribution in [0.3, 0.4) is 0 Å². The number of hydrogen-bond acceptors (Lipinski definition) is 2. The third-order valence-corrected chi connectivity index (χ3v) is 3.70. The molecule has 4 rings (SSSR count). The second-order valence-electron chi connectivity index (χ2n) is 5.29. The van der Waals surface area contributed by atoms with Gasteiger partial charge in [0.1, 0.15) is 11.4 Å². The van der Waals surface area contributed by atoms with Crippen LogP contribution in [0.15, 0.2) is 79.3 Å². The van der Waals surface area contributed by atoms with E-state index in [2.05, 4.69) is 17.4 Å². The van der Waals surface area contributed by atoms with E-state index in [0.29, 0.717) is 5.69 Å². The summed E-state index contributed by atoms with van der Waals surface area (Å²) in [6.45, 7) is 0. The van der Waals surface area contributed by atoms with E-state index >= 15 is 0 Å². The fourth-order valence-corrected chi connectivity index (χ4v) is 2.52. The van der Waals surface area contributed by atoms with Crippen molar-refractivity contribution in [3.63, 3.8) is 0 Å². The number of phenols is 1. The van der Waals surface area contributed by atoms with Crippen LogP contribution in [0, 0.1) is 12.4 Å². The van der Waals surface area contributed by atoms with Crippen molar-refractivity contribution in [1.82, 2.24) is 9.55 Å². The first-order valence-corrected chi connectivity index (χ1v) is 7.56. The number of phenolic OH excluding ortho intramolecular Hbond substituents is 1. The largest absolute Gasteiger partial charge is 2.00 e. The van der Waals surface area contributed by atoms with E-state index in [9.17, 15) is 5.11 Å². The average Bonchev–Trinajstić information content (AvgIpc) is 3.13. The van der Waals surface area contributed by atoms with Crippen LogP contribution in [0.4, 0.5) is 0 Å². The summed E-state index contributed by atoms with van der Waals surface area (Å²) in [5.41, 5.74) is 3.33. The second kappa shape index (κ2) is 7.45. The molecule has 25 heavy (non-hydrogen) atoms. The van der Waals surface area contributed by atoms with Crippen molar-refractivity contribution >= 4 is 0 Å². The van der Waals surface area contributed by atoms with Crippen molar-refractivity contribution in [2.24, 2.45) is 0 Å². The van der Waals surface area contributed by atoms with Crippen LogP contribution in [0.1, 0.15) is 0 Å². The van der Waals surface area contributed by atoms with Crippen molar-refractivity contribution < 1.29 is 30.7 Å². The molecule has 4 nitrogen and oxygen atoms in total. The summed E-state index contributed by atoms with van der Waals surface area (Å²) in [5.74, 6) is 0.211. The quantitative estimate of drug-likeness (QED) is 0.342. The zero-order chi connectivity index (χ0) is 16.4. The van der Waals surface area contributed by atoms with Gasteiger partial charge in [-0.3, -0.25) is 4.57 Å². The van der Waals surface area contributed by atoms with Crippen LogP contribution in [-0.4, -0.2) is 14.7 Å². The minimum atomic E-state index is 0. The first kappa shape index (κ1) is 17.1. The molecule has 0 unspecified atom stereocenters. The van der Waals surface area contributed by atoms with Gasteiger partial charge in [0, 0.05) is 18.6 Å². The first-order chi connectivity index (χ1) is 11.8. The number of aromatic nitrogens is 3. The number of imidazole rings is 1. The van der Waals surface area contributed by atoms with Gasteiger partial charge in [-0.05, 0) is 29.6 Å². The Bertz CT molecular complexity index is 983. The van der Waals surface area contributed by atoms with E-state index in [4.69, 9.17) is 0 Å². The van der Waals surface area contributed by atoms with Gasteiger partial charge >= 0.3 is 21.1 Å². The molecular weight excluding hydrogens is 493 g/mol. The fourth-order valence-electron chi connectivity index (χ4n) is 2.52. The number of hydrogen-bond donors (Lipinski definition) is 1. The molecule has 0 fully saturated rings. The summed E-state index contributed by atoms with van der Waals surface area (Å²) in [5, 5.41) is 9.97. The van der Waals surface area contributed by atoms with E-state index in [-0.39, 0.29) is 26.8 Å². The first-order valence-electron chi connectivity index (χ1n) is 7.56. The molecule has 0 amide bonds. The number of nitrogens with zero attached hydrogens (tertiary/aromatic N) is 3. The Balaban J connectivity index is 0.00000182. The molecule has 1 N–H and O–H groups in total. The average molecular weight is 507 g/mol. The molecule has 0 radical (unpaired) electrons. The van der Waals surface area contributed by atoms with E-state index < -0.39 is 0 Å². The summed E-state index contributed by atoms with van der Waals surface area (Å²) in [7, 11) is 0. The summed E-state index contributed by atoms with van der Waals surface area (Å²) < 4.78 is 3.58. The number of benzene rings is 2. The Morgan fingerprint density at radius 3 is 2.60 bits per heavy atom. The van der Waals surface area contributed by atoms with E-state index in [0.717, 1.165) is 16.9 Å². The Morgan fingerprint density at radius 2 is 1.80 bits per heavy atom. The zero-order valence-electron chi connectivity index (χ0n) is 13.1. The number of rotatable bonds is 3. The molecule has 2 aromatic heterocycles. The molecule has 4 aromatic rings. The third kappa shape index (κ3) is 3.54. The van der Waals surface area contributed by atoms with Crippen molar-refractivity contribution in [2.45, 2.75) is 0 Å². The SMILES string of the molecule is Oc1ccccc1-n1[c-][n+](-c2[c-]c(-c3ccccn3)ccc2)cc1.[Pt+2]. The summed E-state index contributed by atoms with van der Waals surface area (Å²) in [6.07, 6.45) is 8.67. The van der Waals surface area contributed by atoms with Crippen LogP contribution < -0.4 is 4.57 Å². The molecule has 0 atom stereocenters. The van der Waals surface area contributed by atoms with Crippen LogP contribution in [0.2, 0.25) is 0 Å². The summed E-state index contributed by atoms with van der Waals surface area (Å²) in [4.78, 5) is 4.36. The molecule has 0 aliphatic rings. The minimum absolute atomic E-state index is 0. The van der Waals surface area contributed by atoms with Crippen molar-refractivity contribution in [3.8, 4) is 28.4 Å². The van der Waals surface area contributed by atoms with Crippen LogP contribution in [0.25, 0.3) is 22.6 Å². The van der Waals surface area contributed by atoms with Gasteiger partial charge < -0.3 is 14.7 Å². The van der Waals surface area contributed by atoms with Gasteiger partial charge in [-0.1, -0.05) is 24.3 Å². The van der Waals surface area contributed by atoms with Crippen molar-refractivity contribution in [3.05, 3.63) is 91.6 Å². The van der Waals surface area contributed by atoms with Crippen molar-refractivity contribution in [2.75, 3.05) is 0 Å². The van der Waals surface area contributed by atoms with Gasteiger partial charge in [-0.2, -0.15) is 0 Å². The molecule has 2 heterocycles. The Kier molecular flexibility index (Phi) is 5.10. The number of aromatic hydroxyl groups is 1. The number of pyridine rings is 1. The molecule has 0 aliphatic carbocycles. The van der Waals surface area contributed by atoms with Crippen LogP contribution in [0.5, 0.6) is 5.75 Å². The topological polar surface area (TPSA) is 41.9 Å². The maximum atomic E-state index is 9.97. The van der Waals surface area contributed by atoms with E-state index in [1.807, 2.05) is 65.5 Å². The molecule has 5 heteroatoms. The van der Waals surface area contributed by atoms with Gasteiger partial charge in [0.25, 0.3) is 6.33 Å². The van der Waals surface area contributed by atoms with Gasteiger partial charge in [0.05, 0.1) is 0 Å². The predicted molar refractivity (Wildman–Crippen MR) is 89.9 cm³/mol. The van der Waals surface area contributed by atoms with Crippen molar-refractivity contribution in [1.29, 1.82) is 0 Å². The maximum Gasteiger partial charge on any atom is 2.00 e. The molecule has 0 saturated heterocycles. The molecule has 0 aliphatic heterocycles. The summed E-state index contributed by atoms with van der Waals surface area (Å²) >= 11 is 0. The third-order valence-electron chi connectivity index (χ3n) is 3.70. The van der Waals surface area contributed by atoms with E-state index in [1.165, 1.54) is 0 Å².